The van der Waals surface area contributed by atoms with E-state index in [1.807, 2.05) is 6.07 Å². The number of nitrogens with one attached hydrogen (secondary N) is 1. The predicted molar refractivity (Wildman–Crippen MR) is 87.3 cm³/mol. The van der Waals surface area contributed by atoms with Crippen molar-refractivity contribution in [2.45, 2.75) is 30.6 Å². The summed E-state index contributed by atoms with van der Waals surface area (Å²) in [6.07, 6.45) is 4.32. The maximum Gasteiger partial charge on any atom is 0.157 e. The molecule has 0 amide bonds. The fourth-order valence-electron chi connectivity index (χ4n) is 3.46. The molecule has 1 N–H and O–H groups in total. The molecule has 0 bridgehead atoms. The number of hydrogen-bond donors (Lipinski definition) is 1. The third kappa shape index (κ3) is 2.23. The maximum atomic E-state index is 12.3. The van der Waals surface area contributed by atoms with Gasteiger partial charge in [-0.2, -0.15) is 5.10 Å². The predicted octanol–water partition coefficient (Wildman–Crippen LogP) is 1.22. The van der Waals surface area contributed by atoms with Crippen molar-refractivity contribution in [2.75, 3.05) is 30.9 Å². The van der Waals surface area contributed by atoms with Gasteiger partial charge in [0.15, 0.2) is 15.5 Å². The summed E-state index contributed by atoms with van der Waals surface area (Å²) < 4.78 is 29.4. The van der Waals surface area contributed by atoms with E-state index in [9.17, 15) is 8.42 Å². The van der Waals surface area contributed by atoms with E-state index in [4.69, 9.17) is 4.74 Å². The van der Waals surface area contributed by atoms with Gasteiger partial charge in [-0.3, -0.25) is 5.10 Å². The summed E-state index contributed by atoms with van der Waals surface area (Å²) in [5.74, 6) is 0.794. The molecule has 1 saturated heterocycles. The lowest BCUT2D eigenvalue weighted by atomic mass is 10.1. The number of nitrogens with zero attached hydrogens (tertiary/aromatic N) is 3. The van der Waals surface area contributed by atoms with Crippen LogP contribution in [0.1, 0.15) is 25.3 Å². The minimum Gasteiger partial charge on any atom is -0.377 e. The lowest BCUT2D eigenvalue weighted by Gasteiger charge is -2.34. The molecule has 0 aromatic carbocycles. The number of morpholine rings is 1. The Hall–Kier alpha value is -1.67. The number of anilines is 1. The number of aromatic amines is 1. The van der Waals surface area contributed by atoms with Gasteiger partial charge in [-0.05, 0) is 31.4 Å². The molecule has 4 rings (SSSR count). The lowest BCUT2D eigenvalue weighted by Crippen LogP contribution is -2.44. The number of H-pyrrole nitrogens is 1. The average molecular weight is 336 g/mol. The second-order valence-corrected chi connectivity index (χ2v) is 8.87. The first-order valence-electron chi connectivity index (χ1n) is 7.81. The van der Waals surface area contributed by atoms with Gasteiger partial charge in [0.1, 0.15) is 5.82 Å². The van der Waals surface area contributed by atoms with Gasteiger partial charge in [0, 0.05) is 18.2 Å². The summed E-state index contributed by atoms with van der Waals surface area (Å²) in [6.45, 7) is 4.13. The van der Waals surface area contributed by atoms with Crippen LogP contribution in [0, 0.1) is 0 Å². The number of ether oxygens (including phenoxy) is 1. The minimum absolute atomic E-state index is 0.206. The Balaban J connectivity index is 1.89. The Morgan fingerprint density at radius 3 is 2.87 bits per heavy atom. The van der Waals surface area contributed by atoms with Crippen molar-refractivity contribution >= 4 is 26.7 Å². The maximum absolute atomic E-state index is 12.3. The molecule has 0 spiro atoms. The first kappa shape index (κ1) is 14.9. The number of hydrogen-bond acceptors (Lipinski definition) is 6. The van der Waals surface area contributed by atoms with E-state index < -0.39 is 14.6 Å². The zero-order valence-corrected chi connectivity index (χ0v) is 14.1. The Morgan fingerprint density at radius 2 is 2.22 bits per heavy atom. The van der Waals surface area contributed by atoms with Gasteiger partial charge in [0.2, 0.25) is 0 Å². The summed E-state index contributed by atoms with van der Waals surface area (Å²) in [7, 11) is -3.19. The van der Waals surface area contributed by atoms with Crippen LogP contribution in [-0.4, -0.2) is 55.7 Å². The lowest BCUT2D eigenvalue weighted by molar-refractivity contribution is 0.0985. The summed E-state index contributed by atoms with van der Waals surface area (Å²) in [6, 6.07) is 2.14. The van der Waals surface area contributed by atoms with Crippen molar-refractivity contribution in [1.29, 1.82) is 0 Å². The van der Waals surface area contributed by atoms with Crippen LogP contribution in [0.15, 0.2) is 12.3 Å². The zero-order chi connectivity index (χ0) is 16.2. The number of fused-ring (bicyclic) bond motifs is 1. The van der Waals surface area contributed by atoms with Crippen molar-refractivity contribution in [1.82, 2.24) is 15.2 Å². The normalized spacial score (nSPS) is 24.1. The van der Waals surface area contributed by atoms with E-state index in [1.165, 1.54) is 6.26 Å². The Bertz CT molecular complexity index is 857. The largest absolute Gasteiger partial charge is 0.377 e. The zero-order valence-electron chi connectivity index (χ0n) is 13.2. The number of pyridine rings is 1. The first-order chi connectivity index (χ1) is 10.9. The molecule has 0 radical (unpaired) electrons. The number of aromatic nitrogens is 3. The smallest absolute Gasteiger partial charge is 0.157 e. The molecule has 0 unspecified atom stereocenters. The summed E-state index contributed by atoms with van der Waals surface area (Å²) in [5, 5.41) is 7.76. The van der Waals surface area contributed by atoms with Crippen LogP contribution in [0.2, 0.25) is 0 Å². The van der Waals surface area contributed by atoms with Crippen LogP contribution in [0.25, 0.3) is 11.0 Å². The third-order valence-corrected chi connectivity index (χ3v) is 7.02. The van der Waals surface area contributed by atoms with Gasteiger partial charge in [0.25, 0.3) is 0 Å². The highest BCUT2D eigenvalue weighted by molar-refractivity contribution is 7.92. The van der Waals surface area contributed by atoms with E-state index in [0.717, 1.165) is 23.3 Å². The molecule has 1 aliphatic heterocycles. The third-order valence-electron chi connectivity index (χ3n) is 4.98. The molecule has 3 heterocycles. The van der Waals surface area contributed by atoms with Crippen molar-refractivity contribution < 1.29 is 13.2 Å². The van der Waals surface area contributed by atoms with Crippen molar-refractivity contribution in [3.8, 4) is 0 Å². The van der Waals surface area contributed by atoms with E-state index in [0.29, 0.717) is 31.7 Å². The summed E-state index contributed by atoms with van der Waals surface area (Å²) >= 11 is 0. The Morgan fingerprint density at radius 1 is 1.43 bits per heavy atom. The highest BCUT2D eigenvalue weighted by Gasteiger charge is 2.54. The standard InChI is InChI=1S/C15H20N4O3S/c1-10-9-22-6-5-19(10)13-7-12(11-8-16-18-14(11)17-13)15(3-4-15)23(2,20)21/h7-8,10H,3-6,9H2,1-2H3,(H,16,17,18)/t10-/m1/s1. The Kier molecular flexibility index (Phi) is 3.18. The highest BCUT2D eigenvalue weighted by Crippen LogP contribution is 2.54. The summed E-state index contributed by atoms with van der Waals surface area (Å²) in [4.78, 5) is 6.82. The monoisotopic (exact) mass is 336 g/mol. The molecular weight excluding hydrogens is 316 g/mol. The van der Waals surface area contributed by atoms with E-state index in [-0.39, 0.29) is 6.04 Å². The van der Waals surface area contributed by atoms with Crippen LogP contribution < -0.4 is 4.90 Å². The van der Waals surface area contributed by atoms with Crippen LogP contribution in [-0.2, 0) is 19.3 Å². The second kappa shape index (κ2) is 4.91. The van der Waals surface area contributed by atoms with Gasteiger partial charge in [-0.1, -0.05) is 0 Å². The second-order valence-electron chi connectivity index (χ2n) is 6.54. The number of sulfone groups is 1. The molecule has 1 saturated carbocycles. The van der Waals surface area contributed by atoms with Gasteiger partial charge in [0.05, 0.1) is 30.2 Å². The molecule has 1 atom stereocenters. The molecule has 1 aliphatic carbocycles. The van der Waals surface area contributed by atoms with Gasteiger partial charge in [-0.15, -0.1) is 0 Å². The summed E-state index contributed by atoms with van der Waals surface area (Å²) in [5.41, 5.74) is 1.47. The fourth-order valence-corrected chi connectivity index (χ4v) is 4.87. The quantitative estimate of drug-likeness (QED) is 0.906. The SMILES string of the molecule is C[C@@H]1COCCN1c1cc(C2(S(C)(=O)=O)CC2)c2cn[nH]c2n1. The van der Waals surface area contributed by atoms with Gasteiger partial charge in [-0.25, -0.2) is 13.4 Å². The van der Waals surface area contributed by atoms with Crippen LogP contribution in [0.4, 0.5) is 5.82 Å². The average Bonchev–Trinajstić information content (AvgIpc) is 3.19. The van der Waals surface area contributed by atoms with E-state index in [1.54, 1.807) is 6.20 Å². The molecule has 124 valence electrons. The van der Waals surface area contributed by atoms with Crippen molar-refractivity contribution in [2.24, 2.45) is 0 Å². The molecule has 2 aromatic heterocycles. The highest BCUT2D eigenvalue weighted by atomic mass is 32.2. The molecule has 2 aliphatic rings. The molecular formula is C15H20N4O3S. The van der Waals surface area contributed by atoms with Crippen molar-refractivity contribution in [3.05, 3.63) is 17.8 Å². The molecule has 23 heavy (non-hydrogen) atoms. The Labute approximate surface area is 135 Å². The number of rotatable bonds is 3. The molecule has 7 nitrogen and oxygen atoms in total. The van der Waals surface area contributed by atoms with Gasteiger partial charge < -0.3 is 9.64 Å². The van der Waals surface area contributed by atoms with E-state index >= 15 is 0 Å². The molecule has 8 heteroatoms. The van der Waals surface area contributed by atoms with Crippen LogP contribution >= 0.6 is 0 Å². The van der Waals surface area contributed by atoms with Crippen LogP contribution in [0.5, 0.6) is 0 Å². The van der Waals surface area contributed by atoms with Gasteiger partial charge >= 0.3 is 0 Å². The van der Waals surface area contributed by atoms with Crippen molar-refractivity contribution in [3.63, 3.8) is 0 Å². The molecule has 2 fully saturated rings. The minimum atomic E-state index is -3.19. The molecule has 2 aromatic rings. The first-order valence-corrected chi connectivity index (χ1v) is 9.70. The fraction of sp³-hybridized carbons (Fsp3) is 0.600. The topological polar surface area (TPSA) is 88.2 Å². The van der Waals surface area contributed by atoms with Crippen LogP contribution in [0.3, 0.4) is 0 Å². The van der Waals surface area contributed by atoms with E-state index in [2.05, 4.69) is 27.0 Å².